The van der Waals surface area contributed by atoms with E-state index in [0.717, 1.165) is 6.07 Å². The van der Waals surface area contributed by atoms with Crippen LogP contribution >= 0.6 is 0 Å². The number of aliphatic hydroxyl groups is 3. The highest BCUT2D eigenvalue weighted by molar-refractivity contribution is 5.88. The zero-order chi connectivity index (χ0) is 24.7. The third-order valence-electron chi connectivity index (χ3n) is 5.55. The van der Waals surface area contributed by atoms with Gasteiger partial charge in [-0.15, -0.1) is 0 Å². The topological polar surface area (TPSA) is 205 Å². The Morgan fingerprint density at radius 2 is 1.79 bits per heavy atom. The average Bonchev–Trinajstić information content (AvgIpc) is 2.81. The molecule has 4 rings (SSSR count). The second-order valence-corrected chi connectivity index (χ2v) is 7.71. The zero-order valence-corrected chi connectivity index (χ0v) is 17.8. The maximum Gasteiger partial charge on any atom is 0.238 e. The van der Waals surface area contributed by atoms with Crippen molar-refractivity contribution in [3.05, 3.63) is 40.6 Å². The molecule has 1 saturated heterocycles. The molecule has 0 bridgehead atoms. The van der Waals surface area contributed by atoms with E-state index in [1.165, 1.54) is 31.4 Å². The third-order valence-corrected chi connectivity index (χ3v) is 5.55. The molecule has 1 aliphatic rings. The van der Waals surface area contributed by atoms with Crippen LogP contribution in [0.15, 0.2) is 39.5 Å². The molecular weight excluding hydrogens is 454 g/mol. The lowest BCUT2D eigenvalue weighted by Gasteiger charge is -2.40. The van der Waals surface area contributed by atoms with E-state index in [4.69, 9.17) is 24.4 Å². The minimum absolute atomic E-state index is 0.0715. The van der Waals surface area contributed by atoms with Gasteiger partial charge in [0.05, 0.1) is 19.8 Å². The van der Waals surface area contributed by atoms with Gasteiger partial charge in [-0.2, -0.15) is 0 Å². The zero-order valence-electron chi connectivity index (χ0n) is 17.8. The normalized spacial score (nSPS) is 24.8. The molecule has 1 aromatic heterocycles. The molecule has 2 aromatic carbocycles. The Bertz CT molecular complexity index is 1270. The van der Waals surface area contributed by atoms with Crippen LogP contribution in [0.5, 0.6) is 28.7 Å². The van der Waals surface area contributed by atoms with Crippen LogP contribution in [0.3, 0.4) is 0 Å². The molecule has 0 spiro atoms. The van der Waals surface area contributed by atoms with Gasteiger partial charge >= 0.3 is 0 Å². The fourth-order valence-corrected chi connectivity index (χ4v) is 3.69. The van der Waals surface area contributed by atoms with Crippen LogP contribution in [-0.2, 0) is 4.74 Å². The van der Waals surface area contributed by atoms with E-state index in [1.807, 2.05) is 0 Å². The summed E-state index contributed by atoms with van der Waals surface area (Å²) in [6.45, 7) is -0.610. The molecule has 8 N–H and O–H groups in total. The molecule has 182 valence electrons. The Morgan fingerprint density at radius 1 is 1.06 bits per heavy atom. The van der Waals surface area contributed by atoms with Gasteiger partial charge in [-0.1, -0.05) is 0 Å². The molecule has 12 nitrogen and oxygen atoms in total. The first kappa shape index (κ1) is 23.6. The minimum Gasteiger partial charge on any atom is -0.507 e. The number of phenols is 2. The Hall–Kier alpha value is -3.55. The van der Waals surface area contributed by atoms with Crippen molar-refractivity contribution in [1.82, 2.24) is 0 Å². The van der Waals surface area contributed by atoms with Crippen LogP contribution in [-0.4, -0.2) is 75.0 Å². The minimum atomic E-state index is -1.46. The fraction of sp³-hybridized carbons (Fsp3) is 0.318. The number of aliphatic hydroxyl groups excluding tert-OH is 3. The Balaban J connectivity index is 1.77. The van der Waals surface area contributed by atoms with Gasteiger partial charge in [-0.25, -0.2) is 0 Å². The first-order valence-corrected chi connectivity index (χ1v) is 10.1. The lowest BCUT2D eigenvalue weighted by molar-refractivity contribution is -0.239. The standard InChI is InChI=1S/C22H23NO11/c1-31-12-4-8(2-3-10(12)25)21-20(30)18(28)15-11(26)5-9(6-13(15)33-21)32-22-16(23)19(29)17(27)14(7-24)34-22/h2-6,14,16-17,19,22,24-27,29-30H,7,23H2,1H3. The summed E-state index contributed by atoms with van der Waals surface area (Å²) in [5.74, 6) is -1.77. The molecule has 3 aromatic rings. The Kier molecular flexibility index (Phi) is 6.25. The largest absolute Gasteiger partial charge is 0.507 e. The summed E-state index contributed by atoms with van der Waals surface area (Å²) >= 11 is 0. The Morgan fingerprint density at radius 3 is 2.47 bits per heavy atom. The van der Waals surface area contributed by atoms with E-state index in [2.05, 4.69) is 0 Å². The van der Waals surface area contributed by atoms with Crippen molar-refractivity contribution < 1.29 is 49.3 Å². The van der Waals surface area contributed by atoms with E-state index in [0.29, 0.717) is 0 Å². The maximum absolute atomic E-state index is 12.8. The van der Waals surface area contributed by atoms with Crippen LogP contribution in [0, 0.1) is 0 Å². The Labute approximate surface area is 191 Å². The second kappa shape index (κ2) is 9.00. The van der Waals surface area contributed by atoms with Gasteiger partial charge in [-0.05, 0) is 18.2 Å². The van der Waals surface area contributed by atoms with Crippen LogP contribution in [0.25, 0.3) is 22.3 Å². The first-order chi connectivity index (χ1) is 16.2. The number of hydrogen-bond acceptors (Lipinski definition) is 12. The quantitative estimate of drug-likeness (QED) is 0.254. The highest BCUT2D eigenvalue weighted by Crippen LogP contribution is 2.38. The summed E-state index contributed by atoms with van der Waals surface area (Å²) < 4.78 is 21.7. The number of ether oxygens (including phenoxy) is 3. The van der Waals surface area contributed by atoms with Crippen LogP contribution in [0.2, 0.25) is 0 Å². The number of nitrogens with two attached hydrogens (primary N) is 1. The van der Waals surface area contributed by atoms with Crippen LogP contribution in [0.4, 0.5) is 0 Å². The van der Waals surface area contributed by atoms with Gasteiger partial charge in [0, 0.05) is 17.7 Å². The van der Waals surface area contributed by atoms with E-state index in [9.17, 15) is 35.4 Å². The molecule has 5 atom stereocenters. The van der Waals surface area contributed by atoms with E-state index >= 15 is 0 Å². The smallest absolute Gasteiger partial charge is 0.238 e. The molecule has 12 heteroatoms. The van der Waals surface area contributed by atoms with Crippen molar-refractivity contribution >= 4 is 11.0 Å². The molecule has 0 radical (unpaired) electrons. The first-order valence-electron chi connectivity index (χ1n) is 10.1. The second-order valence-electron chi connectivity index (χ2n) is 7.71. The molecule has 2 heterocycles. The SMILES string of the molecule is COc1cc(-c2oc3cc(OC4OC(CO)C(O)C(O)C4N)cc(O)c3c(=O)c2O)ccc1O. The van der Waals surface area contributed by atoms with Crippen molar-refractivity contribution in [2.24, 2.45) is 5.73 Å². The molecule has 5 unspecified atom stereocenters. The number of hydrogen-bond donors (Lipinski definition) is 7. The lowest BCUT2D eigenvalue weighted by atomic mass is 9.98. The average molecular weight is 477 g/mol. The van der Waals surface area contributed by atoms with Gasteiger partial charge in [-0.3, -0.25) is 4.79 Å². The van der Waals surface area contributed by atoms with E-state index in [-0.39, 0.29) is 39.5 Å². The number of benzene rings is 2. The molecule has 34 heavy (non-hydrogen) atoms. The predicted molar refractivity (Wildman–Crippen MR) is 116 cm³/mol. The van der Waals surface area contributed by atoms with Gasteiger partial charge in [0.15, 0.2) is 17.3 Å². The van der Waals surface area contributed by atoms with Crippen LogP contribution < -0.4 is 20.6 Å². The summed E-state index contributed by atoms with van der Waals surface area (Å²) in [6.07, 6.45) is -5.39. The number of methoxy groups -OCH3 is 1. The fourth-order valence-electron chi connectivity index (χ4n) is 3.69. The molecule has 1 fully saturated rings. The van der Waals surface area contributed by atoms with Gasteiger partial charge in [0.2, 0.25) is 17.5 Å². The van der Waals surface area contributed by atoms with Gasteiger partial charge < -0.3 is 55.0 Å². The van der Waals surface area contributed by atoms with E-state index in [1.54, 1.807) is 0 Å². The summed E-state index contributed by atoms with van der Waals surface area (Å²) in [6, 6.07) is 5.10. The lowest BCUT2D eigenvalue weighted by Crippen LogP contribution is -2.63. The maximum atomic E-state index is 12.8. The summed E-state index contributed by atoms with van der Waals surface area (Å²) in [5.41, 5.74) is 4.99. The van der Waals surface area contributed by atoms with Crippen molar-refractivity contribution in [3.63, 3.8) is 0 Å². The third kappa shape index (κ3) is 3.97. The monoisotopic (exact) mass is 477 g/mol. The molecule has 1 aliphatic heterocycles. The number of aromatic hydroxyl groups is 3. The molecular formula is C22H23NO11. The van der Waals surface area contributed by atoms with E-state index < -0.39 is 54.2 Å². The van der Waals surface area contributed by atoms with Gasteiger partial charge in [0.1, 0.15) is 40.8 Å². The predicted octanol–water partition coefficient (Wildman–Crippen LogP) is -0.270. The van der Waals surface area contributed by atoms with Crippen LogP contribution in [0.1, 0.15) is 0 Å². The number of fused-ring (bicyclic) bond motifs is 1. The van der Waals surface area contributed by atoms with Crippen molar-refractivity contribution in [2.45, 2.75) is 30.6 Å². The summed E-state index contributed by atoms with van der Waals surface area (Å²) in [7, 11) is 1.33. The molecule has 0 aliphatic carbocycles. The molecule has 0 saturated carbocycles. The van der Waals surface area contributed by atoms with Crippen molar-refractivity contribution in [1.29, 1.82) is 0 Å². The number of rotatable bonds is 5. The van der Waals surface area contributed by atoms with Gasteiger partial charge in [0.25, 0.3) is 0 Å². The molecule has 0 amide bonds. The summed E-state index contributed by atoms with van der Waals surface area (Å²) in [4.78, 5) is 12.8. The highest BCUT2D eigenvalue weighted by Gasteiger charge is 2.43. The number of phenolic OH excluding ortho intramolecular Hbond substituents is 2. The van der Waals surface area contributed by atoms with Crippen molar-refractivity contribution in [3.8, 4) is 40.1 Å². The van der Waals surface area contributed by atoms with Crippen molar-refractivity contribution in [2.75, 3.05) is 13.7 Å². The summed E-state index contributed by atoms with van der Waals surface area (Å²) in [5, 5.41) is 59.7. The highest BCUT2D eigenvalue weighted by atomic mass is 16.7.